The molecule has 6 atom stereocenters. The van der Waals surface area contributed by atoms with Crippen molar-refractivity contribution in [2.24, 2.45) is 0 Å². The quantitative estimate of drug-likeness (QED) is 0.0163. The molecule has 0 aromatic rings. The van der Waals surface area contributed by atoms with E-state index in [1.807, 2.05) is 54.7 Å². The molecule has 0 amide bonds. The van der Waals surface area contributed by atoms with Crippen molar-refractivity contribution < 1.29 is 56.8 Å². The Morgan fingerprint density at radius 2 is 1.10 bits per heavy atom. The van der Waals surface area contributed by atoms with Gasteiger partial charge in [0.1, 0.15) is 36.8 Å². The van der Waals surface area contributed by atoms with Crippen LogP contribution in [0.15, 0.2) is 109 Å². The molecule has 1 aliphatic rings. The van der Waals surface area contributed by atoms with E-state index < -0.39 is 71.2 Å². The van der Waals surface area contributed by atoms with E-state index in [-0.39, 0.29) is 19.4 Å². The van der Waals surface area contributed by atoms with Crippen LogP contribution in [0.2, 0.25) is 0 Å². The number of carbonyl (C=O) groups is 2. The maximum Gasteiger partial charge on any atom is 0.306 e. The Kier molecular flexibility index (Phi) is 32.6. The zero-order chi connectivity index (χ0) is 44.1. The number of esters is 2. The van der Waals surface area contributed by atoms with Gasteiger partial charge in [0.2, 0.25) is 0 Å². The summed E-state index contributed by atoms with van der Waals surface area (Å²) in [6.45, 7) is 3.40. The Balaban J connectivity index is 2.51. The number of rotatable bonds is 33. The largest absolute Gasteiger partial charge is 0.462 e. The molecular formula is C47H72O12S. The Labute approximate surface area is 359 Å². The highest BCUT2D eigenvalue weighted by molar-refractivity contribution is 7.85. The zero-order valence-electron chi connectivity index (χ0n) is 35.8. The molecule has 1 saturated heterocycles. The van der Waals surface area contributed by atoms with Gasteiger partial charge in [-0.3, -0.25) is 14.1 Å². The Morgan fingerprint density at radius 3 is 1.72 bits per heavy atom. The van der Waals surface area contributed by atoms with Crippen molar-refractivity contribution in [2.45, 2.75) is 153 Å². The Bertz CT molecular complexity index is 1520. The summed E-state index contributed by atoms with van der Waals surface area (Å²) in [7, 11) is -4.62. The summed E-state index contributed by atoms with van der Waals surface area (Å²) < 4.78 is 53.9. The number of unbranched alkanes of at least 4 members (excludes halogenated alkanes) is 7. The second-order valence-electron chi connectivity index (χ2n) is 14.4. The van der Waals surface area contributed by atoms with Crippen molar-refractivity contribution in [1.82, 2.24) is 0 Å². The fourth-order valence-corrected chi connectivity index (χ4v) is 6.39. The molecule has 1 heterocycles. The SMILES string of the molecule is CC/C=C/C=C/C=C/C=C/C=C/CCCC(=O)OC(COC(=O)CCCCCCCC/C=C/C/C=C/C/C=C/C/C=C/CC)CO[C@H]1O[C@H](CS(=O)(=O)O)[C@@H](O)C(O)C1O. The van der Waals surface area contributed by atoms with Crippen LogP contribution in [0.1, 0.15) is 117 Å². The third-order valence-corrected chi connectivity index (χ3v) is 9.73. The van der Waals surface area contributed by atoms with Crippen LogP contribution in [-0.2, 0) is 38.7 Å². The number of aliphatic hydroxyl groups is 3. The number of carbonyl (C=O) groups excluding carboxylic acids is 2. The molecule has 0 aliphatic carbocycles. The third kappa shape index (κ3) is 30.4. The molecule has 13 heteroatoms. The van der Waals surface area contributed by atoms with Gasteiger partial charge in [-0.2, -0.15) is 8.42 Å². The lowest BCUT2D eigenvalue weighted by molar-refractivity contribution is -0.297. The summed E-state index contributed by atoms with van der Waals surface area (Å²) in [6, 6.07) is 0. The first-order chi connectivity index (χ1) is 29.0. The number of hydrogen-bond donors (Lipinski definition) is 4. The molecule has 12 nitrogen and oxygen atoms in total. The molecular weight excluding hydrogens is 789 g/mol. The molecule has 1 rings (SSSR count). The fraction of sp³-hybridized carbons (Fsp3) is 0.574. The molecule has 60 heavy (non-hydrogen) atoms. The number of allylic oxidation sites excluding steroid dienone is 18. The first-order valence-electron chi connectivity index (χ1n) is 21.5. The minimum absolute atomic E-state index is 0.0574. The van der Waals surface area contributed by atoms with E-state index in [2.05, 4.69) is 68.5 Å². The number of ether oxygens (including phenoxy) is 4. The minimum atomic E-state index is -4.62. The van der Waals surface area contributed by atoms with Gasteiger partial charge < -0.3 is 34.3 Å². The first-order valence-corrected chi connectivity index (χ1v) is 23.1. The molecule has 338 valence electrons. The number of aliphatic hydroxyl groups excluding tert-OH is 3. The molecule has 0 radical (unpaired) electrons. The topological polar surface area (TPSA) is 186 Å². The molecule has 3 unspecified atom stereocenters. The van der Waals surface area contributed by atoms with Crippen molar-refractivity contribution in [3.63, 3.8) is 0 Å². The van der Waals surface area contributed by atoms with Gasteiger partial charge in [-0.1, -0.05) is 149 Å². The first kappa shape index (κ1) is 54.3. The third-order valence-electron chi connectivity index (χ3n) is 8.98. The van der Waals surface area contributed by atoms with E-state index in [0.29, 0.717) is 19.3 Å². The van der Waals surface area contributed by atoms with Crippen molar-refractivity contribution >= 4 is 22.1 Å². The maximum atomic E-state index is 12.7. The van der Waals surface area contributed by atoms with E-state index in [0.717, 1.165) is 70.6 Å². The van der Waals surface area contributed by atoms with E-state index in [9.17, 15) is 37.9 Å². The van der Waals surface area contributed by atoms with Crippen LogP contribution in [0.4, 0.5) is 0 Å². The average molecular weight is 861 g/mol. The van der Waals surface area contributed by atoms with Crippen LogP contribution in [0, 0.1) is 0 Å². The van der Waals surface area contributed by atoms with Crippen molar-refractivity contribution in [3.05, 3.63) is 109 Å². The molecule has 0 spiro atoms. The smallest absolute Gasteiger partial charge is 0.306 e. The van der Waals surface area contributed by atoms with E-state index in [1.54, 1.807) is 0 Å². The summed E-state index contributed by atoms with van der Waals surface area (Å²) in [5, 5.41) is 30.8. The molecule has 0 saturated carbocycles. The van der Waals surface area contributed by atoms with Gasteiger partial charge in [-0.25, -0.2) is 0 Å². The monoisotopic (exact) mass is 860 g/mol. The molecule has 1 fully saturated rings. The van der Waals surface area contributed by atoms with Gasteiger partial charge in [0.05, 0.1) is 6.61 Å². The minimum Gasteiger partial charge on any atom is -0.462 e. The average Bonchev–Trinajstić information content (AvgIpc) is 3.21. The predicted octanol–water partition coefficient (Wildman–Crippen LogP) is 8.44. The van der Waals surface area contributed by atoms with Gasteiger partial charge in [-0.05, 0) is 64.2 Å². The van der Waals surface area contributed by atoms with Crippen LogP contribution in [0.25, 0.3) is 0 Å². The second kappa shape index (κ2) is 36.0. The zero-order valence-corrected chi connectivity index (χ0v) is 36.6. The Hall–Kier alpha value is -3.69. The highest BCUT2D eigenvalue weighted by Crippen LogP contribution is 2.24. The molecule has 0 aromatic heterocycles. The lowest BCUT2D eigenvalue weighted by Crippen LogP contribution is -2.60. The lowest BCUT2D eigenvalue weighted by atomic mass is 10.00. The van der Waals surface area contributed by atoms with Crippen LogP contribution < -0.4 is 0 Å². The summed E-state index contributed by atoms with van der Waals surface area (Å²) in [5.74, 6) is -2.12. The van der Waals surface area contributed by atoms with Crippen LogP contribution in [0.5, 0.6) is 0 Å². The summed E-state index contributed by atoms with van der Waals surface area (Å²) in [5.41, 5.74) is 0. The maximum absolute atomic E-state index is 12.7. The van der Waals surface area contributed by atoms with Gasteiger partial charge in [0.25, 0.3) is 10.1 Å². The lowest BCUT2D eigenvalue weighted by Gasteiger charge is -2.40. The molecule has 4 N–H and O–H groups in total. The van der Waals surface area contributed by atoms with E-state index in [1.165, 1.54) is 0 Å². The van der Waals surface area contributed by atoms with E-state index >= 15 is 0 Å². The molecule has 0 bridgehead atoms. The highest BCUT2D eigenvalue weighted by atomic mass is 32.2. The highest BCUT2D eigenvalue weighted by Gasteiger charge is 2.46. The molecule has 1 aliphatic heterocycles. The van der Waals surface area contributed by atoms with Crippen LogP contribution in [0.3, 0.4) is 0 Å². The van der Waals surface area contributed by atoms with Gasteiger partial charge in [0.15, 0.2) is 12.4 Å². The van der Waals surface area contributed by atoms with Crippen molar-refractivity contribution in [2.75, 3.05) is 19.0 Å². The van der Waals surface area contributed by atoms with Crippen molar-refractivity contribution in [3.8, 4) is 0 Å². The normalized spacial score (nSPS) is 21.2. The predicted molar refractivity (Wildman–Crippen MR) is 237 cm³/mol. The summed E-state index contributed by atoms with van der Waals surface area (Å²) in [6.07, 6.45) is 40.1. The fourth-order valence-electron chi connectivity index (χ4n) is 5.70. The van der Waals surface area contributed by atoms with Crippen LogP contribution in [-0.4, -0.2) is 96.0 Å². The summed E-state index contributed by atoms with van der Waals surface area (Å²) in [4.78, 5) is 25.3. The van der Waals surface area contributed by atoms with E-state index in [4.69, 9.17) is 18.9 Å². The van der Waals surface area contributed by atoms with Crippen molar-refractivity contribution in [1.29, 1.82) is 0 Å². The Morgan fingerprint density at radius 1 is 0.583 bits per heavy atom. The summed E-state index contributed by atoms with van der Waals surface area (Å²) >= 11 is 0. The van der Waals surface area contributed by atoms with Crippen LogP contribution >= 0.6 is 0 Å². The molecule has 0 aromatic carbocycles. The second-order valence-corrected chi connectivity index (χ2v) is 15.9. The standard InChI is InChI=1S/C47H72O12S/c1-3-5-7-9-11-13-15-17-18-19-20-21-22-24-25-27-29-31-33-35-42(48)56-37-40(38-57-47-46(52)45(51)44(50)41(59-47)39-60(53,54)55)58-43(49)36-34-32-30-28-26-23-16-14-12-10-8-6-4-2/h5-8,10-14,16-18,20-21,23,26,28,30,40-41,44-47,50-52H,3-4,9,15,19,22,24-25,27,29,31-39H2,1-2H3,(H,53,54,55)/b7-5+,8-6+,12-10+,13-11+,16-14+,18-17+,21-20+,26-23+,30-28+/t40?,41-,44-,45?,46?,47+/m1/s1. The van der Waals surface area contributed by atoms with Gasteiger partial charge in [-0.15, -0.1) is 0 Å². The van der Waals surface area contributed by atoms with Gasteiger partial charge >= 0.3 is 11.9 Å². The van der Waals surface area contributed by atoms with Gasteiger partial charge in [0, 0.05) is 12.8 Å². The number of hydrogen-bond acceptors (Lipinski definition) is 11.